The molecule has 0 saturated heterocycles. The molecule has 0 aromatic carbocycles. The number of H-pyrrole nitrogens is 1. The molecule has 6 nitrogen and oxygen atoms in total. The van der Waals surface area contributed by atoms with Crippen LogP contribution in [0.3, 0.4) is 0 Å². The van der Waals surface area contributed by atoms with Crippen molar-refractivity contribution in [1.29, 1.82) is 0 Å². The first-order chi connectivity index (χ1) is 9.04. The highest BCUT2D eigenvalue weighted by atomic mass is 32.2. The second-order valence-electron chi connectivity index (χ2n) is 4.91. The van der Waals surface area contributed by atoms with Crippen molar-refractivity contribution < 1.29 is 13.2 Å². The van der Waals surface area contributed by atoms with Gasteiger partial charge in [-0.3, -0.25) is 0 Å². The predicted octanol–water partition coefficient (Wildman–Crippen LogP) is 0.521. The average Bonchev–Trinajstić information content (AvgIpc) is 3.07. The van der Waals surface area contributed by atoms with E-state index in [9.17, 15) is 8.42 Å². The Kier molecular flexibility index (Phi) is 4.62. The van der Waals surface area contributed by atoms with E-state index in [1.807, 2.05) is 0 Å². The third kappa shape index (κ3) is 3.79. The van der Waals surface area contributed by atoms with Crippen molar-refractivity contribution in [2.45, 2.75) is 24.3 Å². The minimum atomic E-state index is -3.45. The zero-order chi connectivity index (χ0) is 13.9. The van der Waals surface area contributed by atoms with Gasteiger partial charge in [-0.1, -0.05) is 0 Å². The topological polar surface area (TPSA) is 88.4 Å². The van der Waals surface area contributed by atoms with Gasteiger partial charge in [-0.2, -0.15) is 4.31 Å². The van der Waals surface area contributed by atoms with Gasteiger partial charge in [0.2, 0.25) is 10.0 Å². The van der Waals surface area contributed by atoms with Crippen molar-refractivity contribution in [2.24, 2.45) is 11.7 Å². The van der Waals surface area contributed by atoms with Gasteiger partial charge in [-0.05, 0) is 24.8 Å². The second-order valence-corrected chi connectivity index (χ2v) is 6.95. The molecule has 0 amide bonds. The number of nitrogens with one attached hydrogen (secondary N) is 1. The smallest absolute Gasteiger partial charge is 0.244 e. The highest BCUT2D eigenvalue weighted by Crippen LogP contribution is 2.28. The number of aromatic amines is 1. The molecule has 0 spiro atoms. The lowest BCUT2D eigenvalue weighted by Crippen LogP contribution is -2.30. The molecule has 19 heavy (non-hydrogen) atoms. The lowest BCUT2D eigenvalue weighted by Gasteiger charge is -2.16. The second kappa shape index (κ2) is 6.04. The van der Waals surface area contributed by atoms with E-state index in [2.05, 4.69) is 4.98 Å². The lowest BCUT2D eigenvalue weighted by molar-refractivity contribution is 0.117. The zero-order valence-electron chi connectivity index (χ0n) is 11.1. The van der Waals surface area contributed by atoms with Gasteiger partial charge >= 0.3 is 0 Å². The Morgan fingerprint density at radius 2 is 2.26 bits per heavy atom. The minimum absolute atomic E-state index is 0.248. The fraction of sp³-hybridized carbons (Fsp3) is 0.667. The molecule has 1 aromatic rings. The maximum Gasteiger partial charge on any atom is 0.244 e. The predicted molar refractivity (Wildman–Crippen MR) is 72.0 cm³/mol. The van der Waals surface area contributed by atoms with Gasteiger partial charge in [0, 0.05) is 38.6 Å². The molecular weight excluding hydrogens is 266 g/mol. The van der Waals surface area contributed by atoms with Crippen LogP contribution in [-0.2, 0) is 21.3 Å². The highest BCUT2D eigenvalue weighted by Gasteiger charge is 2.23. The van der Waals surface area contributed by atoms with Crippen molar-refractivity contribution in [3.63, 3.8) is 0 Å². The van der Waals surface area contributed by atoms with E-state index in [0.717, 1.165) is 6.61 Å². The van der Waals surface area contributed by atoms with Crippen molar-refractivity contribution in [2.75, 3.05) is 26.8 Å². The Bertz CT molecular complexity index is 508. The molecule has 1 aromatic heterocycles. The normalized spacial score (nSPS) is 16.2. The van der Waals surface area contributed by atoms with Gasteiger partial charge in [-0.15, -0.1) is 0 Å². The van der Waals surface area contributed by atoms with Gasteiger partial charge in [0.15, 0.2) is 0 Å². The first-order valence-corrected chi connectivity index (χ1v) is 7.89. The fourth-order valence-electron chi connectivity index (χ4n) is 1.71. The van der Waals surface area contributed by atoms with Crippen molar-refractivity contribution >= 4 is 10.0 Å². The Hall–Kier alpha value is -0.890. The van der Waals surface area contributed by atoms with Crippen LogP contribution in [0.4, 0.5) is 0 Å². The zero-order valence-corrected chi connectivity index (χ0v) is 11.9. The van der Waals surface area contributed by atoms with Crippen LogP contribution < -0.4 is 5.73 Å². The Balaban J connectivity index is 1.86. The number of aromatic nitrogens is 1. The molecule has 0 atom stereocenters. The molecule has 1 heterocycles. The average molecular weight is 287 g/mol. The minimum Gasteiger partial charge on any atom is -0.380 e. The maximum atomic E-state index is 12.2. The number of hydrogen-bond acceptors (Lipinski definition) is 4. The number of rotatable bonds is 8. The SMILES string of the molecule is CN(CCOCC1CC1)S(=O)(=O)c1c[nH]c(CN)c1. The molecule has 1 aliphatic rings. The molecule has 108 valence electrons. The van der Waals surface area contributed by atoms with E-state index in [0.29, 0.717) is 31.3 Å². The van der Waals surface area contributed by atoms with E-state index < -0.39 is 10.0 Å². The summed E-state index contributed by atoms with van der Waals surface area (Å²) in [6.07, 6.45) is 3.94. The number of likely N-dealkylation sites (N-methyl/N-ethyl adjacent to an activating group) is 1. The first-order valence-electron chi connectivity index (χ1n) is 6.45. The van der Waals surface area contributed by atoms with Crippen molar-refractivity contribution in [3.8, 4) is 0 Å². The molecule has 0 unspecified atom stereocenters. The standard InChI is InChI=1S/C12H21N3O3S/c1-15(4-5-18-9-10-2-3-10)19(16,17)12-6-11(7-13)14-8-12/h6,8,10,14H,2-5,7,9,13H2,1H3. The van der Waals surface area contributed by atoms with Crippen LogP contribution in [0.2, 0.25) is 0 Å². The molecule has 3 N–H and O–H groups in total. The van der Waals surface area contributed by atoms with E-state index in [1.54, 1.807) is 13.1 Å². The van der Waals surface area contributed by atoms with E-state index in [1.165, 1.54) is 23.3 Å². The van der Waals surface area contributed by atoms with E-state index in [-0.39, 0.29) is 4.90 Å². The molecule has 1 aliphatic carbocycles. The molecule has 0 aliphatic heterocycles. The van der Waals surface area contributed by atoms with Crippen LogP contribution >= 0.6 is 0 Å². The summed E-state index contributed by atoms with van der Waals surface area (Å²) in [5.74, 6) is 0.693. The highest BCUT2D eigenvalue weighted by molar-refractivity contribution is 7.89. The summed E-state index contributed by atoms with van der Waals surface area (Å²) in [5, 5.41) is 0. The van der Waals surface area contributed by atoms with Gasteiger partial charge in [0.25, 0.3) is 0 Å². The lowest BCUT2D eigenvalue weighted by atomic mass is 10.4. The van der Waals surface area contributed by atoms with Crippen molar-refractivity contribution in [3.05, 3.63) is 18.0 Å². The third-order valence-corrected chi connectivity index (χ3v) is 5.08. The summed E-state index contributed by atoms with van der Waals surface area (Å²) in [6.45, 7) is 1.83. The monoisotopic (exact) mass is 287 g/mol. The summed E-state index contributed by atoms with van der Waals surface area (Å²) < 4.78 is 31.2. The number of ether oxygens (including phenoxy) is 1. The summed E-state index contributed by atoms with van der Waals surface area (Å²) in [4.78, 5) is 3.09. The van der Waals surface area contributed by atoms with E-state index in [4.69, 9.17) is 10.5 Å². The number of sulfonamides is 1. The van der Waals surface area contributed by atoms with Gasteiger partial charge in [-0.25, -0.2) is 8.42 Å². The van der Waals surface area contributed by atoms with Crippen LogP contribution in [0, 0.1) is 5.92 Å². The maximum absolute atomic E-state index is 12.2. The summed E-state index contributed by atoms with van der Waals surface area (Å²) in [5.41, 5.74) is 6.16. The van der Waals surface area contributed by atoms with Gasteiger partial charge < -0.3 is 15.5 Å². The molecule has 7 heteroatoms. The quantitative estimate of drug-likeness (QED) is 0.682. The fourth-order valence-corrected chi connectivity index (χ4v) is 2.89. The Morgan fingerprint density at radius 1 is 1.53 bits per heavy atom. The number of nitrogens with zero attached hydrogens (tertiary/aromatic N) is 1. The molecule has 1 saturated carbocycles. The van der Waals surface area contributed by atoms with Crippen molar-refractivity contribution in [1.82, 2.24) is 9.29 Å². The number of nitrogens with two attached hydrogens (primary N) is 1. The van der Waals surface area contributed by atoms with Gasteiger partial charge in [0.05, 0.1) is 11.5 Å². The Labute approximate surface area is 114 Å². The summed E-state index contributed by atoms with van der Waals surface area (Å²) in [6, 6.07) is 1.57. The molecular formula is C12H21N3O3S. The number of hydrogen-bond donors (Lipinski definition) is 2. The molecule has 2 rings (SSSR count). The third-order valence-electron chi connectivity index (χ3n) is 3.25. The van der Waals surface area contributed by atoms with Crippen LogP contribution in [0.1, 0.15) is 18.5 Å². The van der Waals surface area contributed by atoms with Crippen LogP contribution in [-0.4, -0.2) is 44.5 Å². The van der Waals surface area contributed by atoms with Crippen LogP contribution in [0.25, 0.3) is 0 Å². The van der Waals surface area contributed by atoms with E-state index >= 15 is 0 Å². The van der Waals surface area contributed by atoms with Crippen LogP contribution in [0.15, 0.2) is 17.2 Å². The largest absolute Gasteiger partial charge is 0.380 e. The summed E-state index contributed by atoms with van der Waals surface area (Å²) in [7, 11) is -1.89. The Morgan fingerprint density at radius 3 is 2.84 bits per heavy atom. The molecule has 1 fully saturated rings. The molecule has 0 bridgehead atoms. The first kappa shape index (κ1) is 14.5. The van der Waals surface area contributed by atoms with Crippen LogP contribution in [0.5, 0.6) is 0 Å². The molecule has 0 radical (unpaired) electrons. The van der Waals surface area contributed by atoms with Gasteiger partial charge in [0.1, 0.15) is 0 Å². The summed E-state index contributed by atoms with van der Waals surface area (Å²) >= 11 is 0.